The number of carbonyl (C=O) groups excluding carboxylic acids is 1. The molecule has 1 saturated heterocycles. The second-order valence-electron chi connectivity index (χ2n) is 6.53. The molecule has 1 amide bonds. The molecule has 1 aliphatic rings. The third-order valence-corrected chi connectivity index (χ3v) is 4.17. The Morgan fingerprint density at radius 1 is 1.31 bits per heavy atom. The van der Waals surface area contributed by atoms with Crippen molar-refractivity contribution < 1.29 is 24.1 Å². The van der Waals surface area contributed by atoms with Crippen LogP contribution in [-0.2, 0) is 9.53 Å². The number of amides is 1. The Balaban J connectivity index is 1.92. The molecule has 2 rings (SSSR count). The fourth-order valence-corrected chi connectivity index (χ4v) is 2.87. The van der Waals surface area contributed by atoms with Crippen LogP contribution in [-0.4, -0.2) is 61.5 Å². The first kappa shape index (κ1) is 20.3. The molecule has 0 unspecified atom stereocenters. The van der Waals surface area contributed by atoms with E-state index in [2.05, 4.69) is 0 Å². The lowest BCUT2D eigenvalue weighted by Gasteiger charge is -2.31. The van der Waals surface area contributed by atoms with E-state index in [-0.39, 0.29) is 24.7 Å². The number of likely N-dealkylation sites (tertiary alicyclic amines) is 1. The molecule has 6 heteroatoms. The molecule has 1 N–H and O–H groups in total. The molecular weight excluding hydrogens is 334 g/mol. The Morgan fingerprint density at radius 2 is 2.04 bits per heavy atom. The molecule has 0 radical (unpaired) electrons. The van der Waals surface area contributed by atoms with E-state index in [9.17, 15) is 4.79 Å². The molecule has 0 spiro atoms. The molecule has 0 aliphatic carbocycles. The minimum Gasteiger partial charge on any atom is -0.493 e. The van der Waals surface area contributed by atoms with Crippen molar-refractivity contribution >= 4 is 12.0 Å². The third-order valence-electron chi connectivity index (χ3n) is 4.17. The Hall–Kier alpha value is -2.05. The van der Waals surface area contributed by atoms with Crippen molar-refractivity contribution in [3.63, 3.8) is 0 Å². The highest BCUT2D eigenvalue weighted by Crippen LogP contribution is 2.29. The number of piperidine rings is 1. The van der Waals surface area contributed by atoms with E-state index in [1.807, 2.05) is 36.9 Å². The number of benzene rings is 1. The highest BCUT2D eigenvalue weighted by atomic mass is 16.5. The van der Waals surface area contributed by atoms with Crippen molar-refractivity contribution in [1.82, 2.24) is 4.90 Å². The first-order valence-electron chi connectivity index (χ1n) is 9.07. The summed E-state index contributed by atoms with van der Waals surface area (Å²) in [6.45, 7) is 5.66. The zero-order valence-corrected chi connectivity index (χ0v) is 15.8. The van der Waals surface area contributed by atoms with Crippen molar-refractivity contribution in [2.75, 3.05) is 33.4 Å². The second kappa shape index (κ2) is 10.2. The Bertz CT molecular complexity index is 606. The number of aliphatic hydroxyl groups is 1. The lowest BCUT2D eigenvalue weighted by molar-refractivity contribution is -0.128. The van der Waals surface area contributed by atoms with E-state index in [4.69, 9.17) is 19.3 Å². The van der Waals surface area contributed by atoms with Gasteiger partial charge in [0, 0.05) is 19.2 Å². The maximum atomic E-state index is 12.4. The molecule has 1 aliphatic heterocycles. The van der Waals surface area contributed by atoms with Gasteiger partial charge in [-0.05, 0) is 50.5 Å². The number of rotatable bonds is 8. The number of methoxy groups -OCH3 is 1. The largest absolute Gasteiger partial charge is 0.493 e. The van der Waals surface area contributed by atoms with Gasteiger partial charge in [-0.2, -0.15) is 0 Å². The van der Waals surface area contributed by atoms with Crippen molar-refractivity contribution in [3.8, 4) is 11.5 Å². The number of hydrogen-bond donors (Lipinski definition) is 1. The van der Waals surface area contributed by atoms with Crippen LogP contribution in [0.25, 0.3) is 6.08 Å². The van der Waals surface area contributed by atoms with Gasteiger partial charge < -0.3 is 24.2 Å². The van der Waals surface area contributed by atoms with Crippen molar-refractivity contribution in [2.45, 2.75) is 38.9 Å². The number of carbonyl (C=O) groups is 1. The quantitative estimate of drug-likeness (QED) is 0.719. The van der Waals surface area contributed by atoms with Crippen LogP contribution < -0.4 is 9.47 Å². The maximum absolute atomic E-state index is 12.4. The molecule has 0 atom stereocenters. The van der Waals surface area contributed by atoms with Gasteiger partial charge in [-0.25, -0.2) is 0 Å². The minimum absolute atomic E-state index is 0.00733. The first-order valence-corrected chi connectivity index (χ1v) is 9.07. The van der Waals surface area contributed by atoms with Crippen LogP contribution in [0.3, 0.4) is 0 Å². The molecule has 1 fully saturated rings. The van der Waals surface area contributed by atoms with Gasteiger partial charge in [-0.15, -0.1) is 0 Å². The van der Waals surface area contributed by atoms with Gasteiger partial charge in [0.1, 0.15) is 0 Å². The zero-order valence-electron chi connectivity index (χ0n) is 15.8. The molecule has 0 saturated carbocycles. The maximum Gasteiger partial charge on any atom is 0.246 e. The average molecular weight is 363 g/mol. The molecule has 0 bridgehead atoms. The predicted molar refractivity (Wildman–Crippen MR) is 100 cm³/mol. The van der Waals surface area contributed by atoms with Crippen LogP contribution in [0, 0.1) is 0 Å². The molecule has 26 heavy (non-hydrogen) atoms. The van der Waals surface area contributed by atoms with Crippen LogP contribution >= 0.6 is 0 Å². The van der Waals surface area contributed by atoms with E-state index in [0.717, 1.165) is 18.4 Å². The predicted octanol–water partition coefficient (Wildman–Crippen LogP) is 2.50. The van der Waals surface area contributed by atoms with Crippen molar-refractivity contribution in [2.24, 2.45) is 0 Å². The summed E-state index contributed by atoms with van der Waals surface area (Å²) in [5.74, 6) is 1.33. The van der Waals surface area contributed by atoms with Gasteiger partial charge in [-0.1, -0.05) is 6.07 Å². The fourth-order valence-electron chi connectivity index (χ4n) is 2.87. The van der Waals surface area contributed by atoms with Gasteiger partial charge in [-0.3, -0.25) is 4.79 Å². The van der Waals surface area contributed by atoms with Crippen LogP contribution in [0.2, 0.25) is 0 Å². The summed E-state index contributed by atoms with van der Waals surface area (Å²) in [5.41, 5.74) is 0.882. The van der Waals surface area contributed by atoms with E-state index >= 15 is 0 Å². The molecule has 1 aromatic carbocycles. The second-order valence-corrected chi connectivity index (χ2v) is 6.53. The van der Waals surface area contributed by atoms with Crippen LogP contribution in [0.1, 0.15) is 32.3 Å². The Labute approximate surface area is 155 Å². The smallest absolute Gasteiger partial charge is 0.246 e. The van der Waals surface area contributed by atoms with Crippen LogP contribution in [0.5, 0.6) is 11.5 Å². The molecule has 6 nitrogen and oxygen atoms in total. The van der Waals surface area contributed by atoms with E-state index < -0.39 is 0 Å². The van der Waals surface area contributed by atoms with E-state index in [0.29, 0.717) is 31.2 Å². The third kappa shape index (κ3) is 6.04. The summed E-state index contributed by atoms with van der Waals surface area (Å²) < 4.78 is 16.6. The summed E-state index contributed by atoms with van der Waals surface area (Å²) in [6.07, 6.45) is 5.18. The number of nitrogens with zero attached hydrogens (tertiary/aromatic N) is 1. The van der Waals surface area contributed by atoms with Gasteiger partial charge in [0.15, 0.2) is 11.5 Å². The Kier molecular flexibility index (Phi) is 7.94. The molecule has 1 heterocycles. The lowest BCUT2D eigenvalue weighted by atomic mass is 10.1. The summed E-state index contributed by atoms with van der Waals surface area (Å²) in [6, 6.07) is 5.61. The van der Waals surface area contributed by atoms with Crippen LogP contribution in [0.15, 0.2) is 24.3 Å². The Morgan fingerprint density at radius 3 is 2.65 bits per heavy atom. The average Bonchev–Trinajstić information content (AvgIpc) is 2.65. The van der Waals surface area contributed by atoms with Gasteiger partial charge in [0.2, 0.25) is 5.91 Å². The SMILES string of the molecule is COc1cc(/C=C/C(=O)N2CCC(OCCO)CC2)ccc1OC(C)C. The van der Waals surface area contributed by atoms with Gasteiger partial charge in [0.25, 0.3) is 0 Å². The minimum atomic E-state index is -0.00733. The summed E-state index contributed by atoms with van der Waals surface area (Å²) in [7, 11) is 1.60. The fraction of sp³-hybridized carbons (Fsp3) is 0.550. The van der Waals surface area contributed by atoms with Crippen molar-refractivity contribution in [1.29, 1.82) is 0 Å². The normalized spacial score (nSPS) is 15.7. The van der Waals surface area contributed by atoms with Gasteiger partial charge >= 0.3 is 0 Å². The summed E-state index contributed by atoms with van der Waals surface area (Å²) in [5, 5.41) is 8.80. The van der Waals surface area contributed by atoms with Crippen LogP contribution in [0.4, 0.5) is 0 Å². The van der Waals surface area contributed by atoms with Gasteiger partial charge in [0.05, 0.1) is 32.5 Å². The van der Waals surface area contributed by atoms with E-state index in [1.54, 1.807) is 19.3 Å². The molecular formula is C20H29NO5. The zero-order chi connectivity index (χ0) is 18.9. The number of hydrogen-bond acceptors (Lipinski definition) is 5. The number of aliphatic hydroxyl groups excluding tert-OH is 1. The van der Waals surface area contributed by atoms with E-state index in [1.165, 1.54) is 0 Å². The van der Waals surface area contributed by atoms with Crippen molar-refractivity contribution in [3.05, 3.63) is 29.8 Å². The topological polar surface area (TPSA) is 68.2 Å². The number of ether oxygens (including phenoxy) is 3. The first-order chi connectivity index (χ1) is 12.5. The standard InChI is InChI=1S/C20H29NO5/c1-15(2)26-18-6-4-16(14-19(18)24-3)5-7-20(23)21-10-8-17(9-11-21)25-13-12-22/h4-7,14-15,17,22H,8-13H2,1-3H3/b7-5+. The highest BCUT2D eigenvalue weighted by Gasteiger charge is 2.21. The molecule has 144 valence electrons. The highest BCUT2D eigenvalue weighted by molar-refractivity contribution is 5.91. The summed E-state index contributed by atoms with van der Waals surface area (Å²) in [4.78, 5) is 14.2. The lowest BCUT2D eigenvalue weighted by Crippen LogP contribution is -2.40. The summed E-state index contributed by atoms with van der Waals surface area (Å²) >= 11 is 0. The molecule has 1 aromatic rings. The molecule has 0 aromatic heterocycles. The monoisotopic (exact) mass is 363 g/mol.